The minimum Gasteiger partial charge on any atom is -0.380 e. The highest BCUT2D eigenvalue weighted by atomic mass is 16.2. The van der Waals surface area contributed by atoms with Gasteiger partial charge in [-0.2, -0.15) is 0 Å². The Morgan fingerprint density at radius 1 is 1.25 bits per heavy atom. The van der Waals surface area contributed by atoms with E-state index < -0.39 is 0 Å². The number of fused-ring (bicyclic) bond motifs is 1. The number of anilines is 1. The van der Waals surface area contributed by atoms with Gasteiger partial charge in [-0.15, -0.1) is 0 Å². The standard InChI is InChI=1S/C18H29N5O/c1-12(2)16(21-13-6-4-3-5-7-13)11-20-18(24)17-14-10-19-9-8-15(14)22-23-17/h3-7,12,14-17,19,21-23H,8-11H2,1-2H3,(H,20,24). The number of rotatable bonds is 6. The van der Waals surface area contributed by atoms with E-state index in [1.54, 1.807) is 0 Å². The molecule has 4 atom stereocenters. The van der Waals surface area contributed by atoms with E-state index in [1.165, 1.54) is 0 Å². The Labute approximate surface area is 144 Å². The van der Waals surface area contributed by atoms with E-state index in [-0.39, 0.29) is 18.0 Å². The van der Waals surface area contributed by atoms with Crippen molar-refractivity contribution in [1.29, 1.82) is 0 Å². The fourth-order valence-corrected chi connectivity index (χ4v) is 3.50. The molecule has 2 saturated heterocycles. The van der Waals surface area contributed by atoms with Crippen LogP contribution in [0.5, 0.6) is 0 Å². The number of carbonyl (C=O) groups excluding carboxylic acids is 1. The molecule has 3 rings (SSSR count). The summed E-state index contributed by atoms with van der Waals surface area (Å²) in [4.78, 5) is 12.6. The molecule has 6 nitrogen and oxygen atoms in total. The minimum atomic E-state index is -0.160. The molecule has 0 aliphatic carbocycles. The third kappa shape index (κ3) is 4.06. The van der Waals surface area contributed by atoms with E-state index in [0.29, 0.717) is 24.4 Å². The molecule has 6 heteroatoms. The van der Waals surface area contributed by atoms with Crippen LogP contribution >= 0.6 is 0 Å². The molecule has 4 unspecified atom stereocenters. The molecule has 0 spiro atoms. The Morgan fingerprint density at radius 3 is 2.79 bits per heavy atom. The lowest BCUT2D eigenvalue weighted by atomic mass is 9.89. The second kappa shape index (κ2) is 7.96. The Bertz CT molecular complexity index is 535. The summed E-state index contributed by atoms with van der Waals surface area (Å²) in [6.07, 6.45) is 1.06. The third-order valence-corrected chi connectivity index (χ3v) is 5.09. The molecule has 0 radical (unpaired) electrons. The van der Waals surface area contributed by atoms with Crippen molar-refractivity contribution < 1.29 is 4.79 Å². The van der Waals surface area contributed by atoms with Crippen molar-refractivity contribution in [3.8, 4) is 0 Å². The van der Waals surface area contributed by atoms with Crippen LogP contribution in [-0.4, -0.2) is 43.7 Å². The number of hydrazine groups is 1. The van der Waals surface area contributed by atoms with Gasteiger partial charge in [0.1, 0.15) is 6.04 Å². The van der Waals surface area contributed by atoms with Crippen LogP contribution in [0.15, 0.2) is 30.3 Å². The first-order valence-corrected chi connectivity index (χ1v) is 8.96. The van der Waals surface area contributed by atoms with E-state index in [1.807, 2.05) is 18.2 Å². The monoisotopic (exact) mass is 331 g/mol. The molecular weight excluding hydrogens is 302 g/mol. The molecule has 5 N–H and O–H groups in total. The summed E-state index contributed by atoms with van der Waals surface area (Å²) in [6.45, 7) is 6.86. The quantitative estimate of drug-likeness (QED) is 0.530. The highest BCUT2D eigenvalue weighted by molar-refractivity contribution is 5.82. The highest BCUT2D eigenvalue weighted by Crippen LogP contribution is 2.20. The molecule has 1 aromatic carbocycles. The molecule has 1 aromatic rings. The second-order valence-electron chi connectivity index (χ2n) is 7.14. The topological polar surface area (TPSA) is 77.2 Å². The molecule has 24 heavy (non-hydrogen) atoms. The SMILES string of the molecule is CC(C)C(CNC(=O)C1NNC2CCNCC21)Nc1ccccc1. The van der Waals surface area contributed by atoms with Gasteiger partial charge in [0.15, 0.2) is 0 Å². The number of nitrogens with one attached hydrogen (secondary N) is 5. The van der Waals surface area contributed by atoms with Crippen molar-refractivity contribution in [2.45, 2.75) is 38.4 Å². The fraction of sp³-hybridized carbons (Fsp3) is 0.611. The summed E-state index contributed by atoms with van der Waals surface area (Å²) in [7, 11) is 0. The van der Waals surface area contributed by atoms with Crippen molar-refractivity contribution in [2.24, 2.45) is 11.8 Å². The summed E-state index contributed by atoms with van der Waals surface area (Å²) in [5.74, 6) is 0.821. The van der Waals surface area contributed by atoms with Gasteiger partial charge >= 0.3 is 0 Å². The van der Waals surface area contributed by atoms with Crippen molar-refractivity contribution in [1.82, 2.24) is 21.5 Å². The van der Waals surface area contributed by atoms with Crippen LogP contribution < -0.4 is 26.8 Å². The van der Waals surface area contributed by atoms with Gasteiger partial charge in [-0.05, 0) is 31.0 Å². The maximum Gasteiger partial charge on any atom is 0.238 e. The first-order chi connectivity index (χ1) is 11.6. The highest BCUT2D eigenvalue weighted by Gasteiger charge is 2.41. The summed E-state index contributed by atoms with van der Waals surface area (Å²) < 4.78 is 0. The van der Waals surface area contributed by atoms with Gasteiger partial charge in [-0.3, -0.25) is 10.2 Å². The van der Waals surface area contributed by atoms with Crippen molar-refractivity contribution >= 4 is 11.6 Å². The first kappa shape index (κ1) is 17.2. The smallest absolute Gasteiger partial charge is 0.238 e. The first-order valence-electron chi connectivity index (χ1n) is 8.96. The van der Waals surface area contributed by atoms with Crippen molar-refractivity contribution in [3.05, 3.63) is 30.3 Å². The fourth-order valence-electron chi connectivity index (χ4n) is 3.50. The molecule has 2 heterocycles. The van der Waals surface area contributed by atoms with Gasteiger partial charge in [0.05, 0.1) is 0 Å². The summed E-state index contributed by atoms with van der Waals surface area (Å²) >= 11 is 0. The molecule has 1 amide bonds. The molecule has 0 saturated carbocycles. The lowest BCUT2D eigenvalue weighted by Gasteiger charge is -2.28. The number of piperidine rings is 1. The zero-order valence-corrected chi connectivity index (χ0v) is 14.5. The van der Waals surface area contributed by atoms with Crippen LogP contribution in [0.4, 0.5) is 5.69 Å². The van der Waals surface area contributed by atoms with Crippen molar-refractivity contribution in [3.63, 3.8) is 0 Å². The molecule has 0 aromatic heterocycles. The van der Waals surface area contributed by atoms with E-state index in [9.17, 15) is 4.79 Å². The predicted molar refractivity (Wildman–Crippen MR) is 96.5 cm³/mol. The number of hydrogen-bond acceptors (Lipinski definition) is 5. The molecule has 0 bridgehead atoms. The Kier molecular flexibility index (Phi) is 5.71. The van der Waals surface area contributed by atoms with Gasteiger partial charge in [-0.1, -0.05) is 32.0 Å². The summed E-state index contributed by atoms with van der Waals surface area (Å²) in [5.41, 5.74) is 7.54. The molecule has 2 aliphatic rings. The molecule has 132 valence electrons. The lowest BCUT2D eigenvalue weighted by Crippen LogP contribution is -2.51. The number of amides is 1. The van der Waals surface area contributed by atoms with Crippen LogP contribution in [0, 0.1) is 11.8 Å². The largest absolute Gasteiger partial charge is 0.380 e. The van der Waals surface area contributed by atoms with Crippen LogP contribution in [-0.2, 0) is 4.79 Å². The second-order valence-corrected chi connectivity index (χ2v) is 7.14. The van der Waals surface area contributed by atoms with E-state index in [0.717, 1.165) is 25.2 Å². The average Bonchev–Trinajstić information content (AvgIpc) is 3.03. The Balaban J connectivity index is 1.53. The number of carbonyl (C=O) groups is 1. The third-order valence-electron chi connectivity index (χ3n) is 5.09. The van der Waals surface area contributed by atoms with Crippen LogP contribution in [0.3, 0.4) is 0 Å². The normalized spacial score (nSPS) is 27.5. The van der Waals surface area contributed by atoms with Gasteiger partial charge < -0.3 is 16.0 Å². The lowest BCUT2D eigenvalue weighted by molar-refractivity contribution is -0.123. The van der Waals surface area contributed by atoms with Crippen molar-refractivity contribution in [2.75, 3.05) is 25.0 Å². The van der Waals surface area contributed by atoms with Crippen LogP contribution in [0.1, 0.15) is 20.3 Å². The van der Waals surface area contributed by atoms with Gasteiger partial charge in [0.2, 0.25) is 5.91 Å². The number of hydrogen-bond donors (Lipinski definition) is 5. The van der Waals surface area contributed by atoms with Gasteiger partial charge in [0, 0.05) is 36.8 Å². The van der Waals surface area contributed by atoms with E-state index in [2.05, 4.69) is 52.8 Å². The van der Waals surface area contributed by atoms with E-state index >= 15 is 0 Å². The summed E-state index contributed by atoms with van der Waals surface area (Å²) in [6, 6.07) is 10.6. The molecule has 2 fully saturated rings. The molecule has 2 aliphatic heterocycles. The molecular formula is C18H29N5O. The van der Waals surface area contributed by atoms with Gasteiger partial charge in [0.25, 0.3) is 0 Å². The van der Waals surface area contributed by atoms with Crippen LogP contribution in [0.2, 0.25) is 0 Å². The zero-order valence-electron chi connectivity index (χ0n) is 14.5. The zero-order chi connectivity index (χ0) is 16.9. The van der Waals surface area contributed by atoms with Crippen LogP contribution in [0.25, 0.3) is 0 Å². The Hall–Kier alpha value is -1.63. The number of para-hydroxylation sites is 1. The maximum atomic E-state index is 12.6. The predicted octanol–water partition coefficient (Wildman–Crippen LogP) is 0.694. The summed E-state index contributed by atoms with van der Waals surface area (Å²) in [5, 5.41) is 10.0. The average molecular weight is 331 g/mol. The van der Waals surface area contributed by atoms with E-state index in [4.69, 9.17) is 0 Å². The minimum absolute atomic E-state index is 0.0826. The maximum absolute atomic E-state index is 12.6. The van der Waals surface area contributed by atoms with Gasteiger partial charge in [-0.25, -0.2) is 5.43 Å². The number of benzene rings is 1. The Morgan fingerprint density at radius 2 is 2.04 bits per heavy atom.